The number of hydrogen-bond acceptors (Lipinski definition) is 5. The summed E-state index contributed by atoms with van der Waals surface area (Å²) >= 11 is 0. The van der Waals surface area contributed by atoms with Crippen molar-refractivity contribution in [3.8, 4) is 5.75 Å². The van der Waals surface area contributed by atoms with Gasteiger partial charge >= 0.3 is 0 Å². The number of nitro groups is 1. The molecule has 0 radical (unpaired) electrons. The molecule has 1 heterocycles. The monoisotopic (exact) mass is 356 g/mol. The summed E-state index contributed by atoms with van der Waals surface area (Å²) in [7, 11) is 0. The van der Waals surface area contributed by atoms with Crippen LogP contribution in [0, 0.1) is 10.1 Å². The van der Waals surface area contributed by atoms with E-state index in [1.54, 1.807) is 12.1 Å². The molecule has 2 aromatic rings. The Morgan fingerprint density at radius 2 is 1.88 bits per heavy atom. The number of quaternary nitrogens is 1. The Morgan fingerprint density at radius 1 is 1.15 bits per heavy atom. The van der Waals surface area contributed by atoms with Crippen LogP contribution in [0.15, 0.2) is 48.5 Å². The predicted octanol–water partition coefficient (Wildman–Crippen LogP) is 1.19. The van der Waals surface area contributed by atoms with Crippen molar-refractivity contribution in [3.63, 3.8) is 0 Å². The Labute approximate surface area is 151 Å². The van der Waals surface area contributed by atoms with Crippen molar-refractivity contribution in [1.82, 2.24) is 0 Å². The van der Waals surface area contributed by atoms with Gasteiger partial charge in [0.05, 0.1) is 31.1 Å². The summed E-state index contributed by atoms with van der Waals surface area (Å²) in [5, 5.41) is 11.3. The SMILES string of the molecule is O=Cc1ccc(N2CC[NH+](CCOc3ccccc3)CC2)c([N+](=O)[O-])c1. The molecule has 0 unspecified atom stereocenters. The van der Waals surface area contributed by atoms with Crippen molar-refractivity contribution in [3.05, 3.63) is 64.2 Å². The minimum Gasteiger partial charge on any atom is -0.488 e. The highest BCUT2D eigenvalue weighted by molar-refractivity contribution is 5.79. The fourth-order valence-electron chi connectivity index (χ4n) is 3.17. The maximum Gasteiger partial charge on any atom is 0.293 e. The second-order valence-corrected chi connectivity index (χ2v) is 6.27. The molecule has 136 valence electrons. The Balaban J connectivity index is 1.53. The fraction of sp³-hybridized carbons (Fsp3) is 0.316. The van der Waals surface area contributed by atoms with E-state index in [1.165, 1.54) is 11.0 Å². The van der Waals surface area contributed by atoms with Crippen LogP contribution in [-0.4, -0.2) is 50.5 Å². The van der Waals surface area contributed by atoms with Crippen molar-refractivity contribution in [2.75, 3.05) is 44.2 Å². The van der Waals surface area contributed by atoms with E-state index >= 15 is 0 Å². The third-order valence-electron chi connectivity index (χ3n) is 4.61. The molecule has 1 aliphatic heterocycles. The van der Waals surface area contributed by atoms with E-state index in [2.05, 4.69) is 0 Å². The number of benzene rings is 2. The van der Waals surface area contributed by atoms with Gasteiger partial charge in [-0.2, -0.15) is 0 Å². The number of nitrogens with zero attached hydrogens (tertiary/aromatic N) is 2. The zero-order valence-electron chi connectivity index (χ0n) is 14.5. The van der Waals surface area contributed by atoms with Gasteiger partial charge in [0.25, 0.3) is 5.69 Å². The predicted molar refractivity (Wildman–Crippen MR) is 98.2 cm³/mol. The van der Waals surface area contributed by atoms with Gasteiger partial charge in [0, 0.05) is 11.6 Å². The maximum atomic E-state index is 11.3. The first-order chi connectivity index (χ1) is 12.7. The zero-order valence-corrected chi connectivity index (χ0v) is 14.5. The molecular formula is C19H22N3O4+. The molecule has 3 rings (SSSR count). The molecule has 7 heteroatoms. The second kappa shape index (κ2) is 8.44. The van der Waals surface area contributed by atoms with E-state index in [1.807, 2.05) is 35.2 Å². The molecule has 0 amide bonds. The average molecular weight is 356 g/mol. The largest absolute Gasteiger partial charge is 0.488 e. The van der Waals surface area contributed by atoms with E-state index in [4.69, 9.17) is 4.74 Å². The first-order valence-electron chi connectivity index (χ1n) is 8.67. The molecular weight excluding hydrogens is 334 g/mol. The first-order valence-corrected chi connectivity index (χ1v) is 8.67. The van der Waals surface area contributed by atoms with Crippen LogP contribution >= 0.6 is 0 Å². The number of carbonyl (C=O) groups excluding carboxylic acids is 1. The maximum absolute atomic E-state index is 11.3. The summed E-state index contributed by atoms with van der Waals surface area (Å²) in [6.45, 7) is 4.81. The van der Waals surface area contributed by atoms with Crippen molar-refractivity contribution in [2.24, 2.45) is 0 Å². The number of rotatable bonds is 7. The highest BCUT2D eigenvalue weighted by Crippen LogP contribution is 2.28. The molecule has 2 aromatic carbocycles. The number of piperazine rings is 1. The molecule has 0 aliphatic carbocycles. The molecule has 7 nitrogen and oxygen atoms in total. The lowest BCUT2D eigenvalue weighted by Gasteiger charge is -2.33. The van der Waals surface area contributed by atoms with Gasteiger partial charge in [0.1, 0.15) is 30.9 Å². The molecule has 0 atom stereocenters. The number of anilines is 1. The number of hydrogen-bond donors (Lipinski definition) is 1. The summed E-state index contributed by atoms with van der Waals surface area (Å²) in [5.74, 6) is 0.872. The molecule has 0 spiro atoms. The quantitative estimate of drug-likeness (QED) is 0.458. The number of carbonyl (C=O) groups is 1. The summed E-state index contributed by atoms with van der Waals surface area (Å²) < 4.78 is 5.74. The molecule has 1 fully saturated rings. The van der Waals surface area contributed by atoms with Crippen LogP contribution in [0.2, 0.25) is 0 Å². The molecule has 1 N–H and O–H groups in total. The Hall–Kier alpha value is -2.93. The van der Waals surface area contributed by atoms with Gasteiger partial charge in [-0.3, -0.25) is 14.9 Å². The third-order valence-corrected chi connectivity index (χ3v) is 4.61. The lowest BCUT2D eigenvalue weighted by atomic mass is 10.1. The molecule has 0 aromatic heterocycles. The highest BCUT2D eigenvalue weighted by atomic mass is 16.6. The number of aldehydes is 1. The van der Waals surface area contributed by atoms with Gasteiger partial charge in [-0.1, -0.05) is 18.2 Å². The second-order valence-electron chi connectivity index (χ2n) is 6.27. The zero-order chi connectivity index (χ0) is 18.4. The minimum absolute atomic E-state index is 0.00883. The van der Waals surface area contributed by atoms with Crippen LogP contribution in [-0.2, 0) is 0 Å². The van der Waals surface area contributed by atoms with Crippen LogP contribution in [0.1, 0.15) is 10.4 Å². The minimum atomic E-state index is -0.421. The first kappa shape index (κ1) is 17.9. The van der Waals surface area contributed by atoms with Gasteiger partial charge < -0.3 is 14.5 Å². The Bertz CT molecular complexity index is 759. The third kappa shape index (κ3) is 4.37. The summed E-state index contributed by atoms with van der Waals surface area (Å²) in [6.07, 6.45) is 0.631. The lowest BCUT2D eigenvalue weighted by molar-refractivity contribution is -0.900. The standard InChI is InChI=1S/C19H21N3O4/c23-15-16-6-7-18(19(14-16)22(24)25)21-10-8-20(9-11-21)12-13-26-17-4-2-1-3-5-17/h1-7,14-15H,8-13H2/p+1. The van der Waals surface area contributed by atoms with Gasteiger partial charge in [-0.15, -0.1) is 0 Å². The summed E-state index contributed by atoms with van der Waals surface area (Å²) in [6, 6.07) is 14.4. The average Bonchev–Trinajstić information content (AvgIpc) is 2.69. The molecule has 0 saturated carbocycles. The van der Waals surface area contributed by atoms with Crippen molar-refractivity contribution in [2.45, 2.75) is 0 Å². The van der Waals surface area contributed by atoms with E-state index in [0.29, 0.717) is 24.1 Å². The van der Waals surface area contributed by atoms with Crippen LogP contribution in [0.4, 0.5) is 11.4 Å². The molecule has 26 heavy (non-hydrogen) atoms. The smallest absolute Gasteiger partial charge is 0.293 e. The van der Waals surface area contributed by atoms with Crippen molar-refractivity contribution in [1.29, 1.82) is 0 Å². The van der Waals surface area contributed by atoms with Crippen molar-refractivity contribution < 1.29 is 19.4 Å². The molecule has 0 bridgehead atoms. The number of para-hydroxylation sites is 1. The fourth-order valence-corrected chi connectivity index (χ4v) is 3.17. The number of nitrogens with one attached hydrogen (secondary N) is 1. The van der Waals surface area contributed by atoms with Crippen molar-refractivity contribution >= 4 is 17.7 Å². The van der Waals surface area contributed by atoms with E-state index < -0.39 is 4.92 Å². The summed E-state index contributed by atoms with van der Waals surface area (Å²) in [4.78, 5) is 25.2. The Kier molecular flexibility index (Phi) is 5.80. The van der Waals surface area contributed by atoms with Crippen LogP contribution in [0.3, 0.4) is 0 Å². The van der Waals surface area contributed by atoms with E-state index in [0.717, 1.165) is 38.5 Å². The molecule has 1 aliphatic rings. The summed E-state index contributed by atoms with van der Waals surface area (Å²) in [5.41, 5.74) is 0.897. The van der Waals surface area contributed by atoms with Crippen LogP contribution in [0.25, 0.3) is 0 Å². The van der Waals surface area contributed by atoms with Gasteiger partial charge in [0.2, 0.25) is 0 Å². The number of ether oxygens (including phenoxy) is 1. The number of nitro benzene ring substituents is 1. The Morgan fingerprint density at radius 3 is 2.54 bits per heavy atom. The topological polar surface area (TPSA) is 77.1 Å². The normalized spacial score (nSPS) is 14.8. The van der Waals surface area contributed by atoms with Gasteiger partial charge in [-0.25, -0.2) is 0 Å². The van der Waals surface area contributed by atoms with Gasteiger partial charge in [-0.05, 0) is 24.3 Å². The highest BCUT2D eigenvalue weighted by Gasteiger charge is 2.25. The lowest BCUT2D eigenvalue weighted by Crippen LogP contribution is -3.15. The van der Waals surface area contributed by atoms with Crippen LogP contribution in [0.5, 0.6) is 5.75 Å². The molecule has 1 saturated heterocycles. The van der Waals surface area contributed by atoms with Gasteiger partial charge in [0.15, 0.2) is 0 Å². The van der Waals surface area contributed by atoms with E-state index in [9.17, 15) is 14.9 Å². The van der Waals surface area contributed by atoms with Crippen LogP contribution < -0.4 is 14.5 Å². The van der Waals surface area contributed by atoms with E-state index in [-0.39, 0.29) is 5.69 Å².